The fraction of sp³-hybridized carbons (Fsp3) is 0.263. The third-order valence-electron chi connectivity index (χ3n) is 3.60. The van der Waals surface area contributed by atoms with E-state index in [-0.39, 0.29) is 12.3 Å². The quantitative estimate of drug-likeness (QED) is 0.704. The van der Waals surface area contributed by atoms with Gasteiger partial charge >= 0.3 is 5.76 Å². The van der Waals surface area contributed by atoms with Crippen LogP contribution in [0.3, 0.4) is 0 Å². The Morgan fingerprint density at radius 2 is 1.80 bits per heavy atom. The van der Waals surface area contributed by atoms with E-state index in [4.69, 9.17) is 9.15 Å². The number of ether oxygens (including phenoxy) is 1. The van der Waals surface area contributed by atoms with Crippen molar-refractivity contribution in [1.82, 2.24) is 4.57 Å². The maximum atomic E-state index is 13.5. The lowest BCUT2D eigenvalue weighted by Crippen LogP contribution is -2.20. The number of rotatable bonds is 5. The van der Waals surface area contributed by atoms with Gasteiger partial charge in [0.15, 0.2) is 5.58 Å². The van der Waals surface area contributed by atoms with E-state index in [1.54, 1.807) is 36.4 Å². The van der Waals surface area contributed by atoms with Gasteiger partial charge in [-0.15, -0.1) is 0 Å². The van der Waals surface area contributed by atoms with E-state index in [0.717, 1.165) is 11.1 Å². The molecule has 0 aliphatic rings. The van der Waals surface area contributed by atoms with Crippen molar-refractivity contribution in [2.24, 2.45) is 0 Å². The predicted octanol–water partition coefficient (Wildman–Crippen LogP) is 3.93. The number of aromatic nitrogens is 1. The number of nitrogens with zero attached hydrogens (tertiary/aromatic N) is 1. The smallest absolute Gasteiger partial charge is 0.420 e. The van der Waals surface area contributed by atoms with Gasteiger partial charge in [0, 0.05) is 13.8 Å². The Balaban J connectivity index is 1.98. The Morgan fingerprint density at radius 1 is 1.16 bits per heavy atom. The highest BCUT2D eigenvalue weighted by molar-refractivity contribution is 5.83. The molecule has 3 rings (SSSR count). The van der Waals surface area contributed by atoms with Gasteiger partial charge in [0.25, 0.3) is 0 Å². The fourth-order valence-corrected chi connectivity index (χ4v) is 2.61. The van der Waals surface area contributed by atoms with Crippen LogP contribution in [0.25, 0.3) is 22.2 Å². The van der Waals surface area contributed by atoms with E-state index in [1.807, 2.05) is 6.07 Å². The van der Waals surface area contributed by atoms with E-state index in [2.05, 4.69) is 0 Å². The molecule has 0 N–H and O–H groups in total. The second kappa shape index (κ2) is 6.20. The molecule has 0 aliphatic heterocycles. The van der Waals surface area contributed by atoms with Crippen LogP contribution < -0.4 is 10.5 Å². The highest BCUT2D eigenvalue weighted by Gasteiger charge is 2.17. The average molecular weight is 343 g/mol. The Kier molecular flexibility index (Phi) is 4.20. The van der Waals surface area contributed by atoms with Crippen LogP contribution in [0.1, 0.15) is 20.8 Å². The number of halogens is 1. The van der Waals surface area contributed by atoms with Crippen LogP contribution in [0.5, 0.6) is 5.75 Å². The van der Waals surface area contributed by atoms with E-state index in [9.17, 15) is 14.0 Å². The number of carbonyl (C=O) groups excluding carboxylic acids is 1. The molecule has 0 bridgehead atoms. The van der Waals surface area contributed by atoms with Gasteiger partial charge in [0.1, 0.15) is 11.5 Å². The third kappa shape index (κ3) is 3.79. The highest BCUT2D eigenvalue weighted by atomic mass is 19.2. The molecular weight excluding hydrogens is 325 g/mol. The molecule has 130 valence electrons. The number of carbonyl (C=O) groups is 1. The van der Waals surface area contributed by atoms with Crippen molar-refractivity contribution < 1.29 is 18.3 Å². The number of hydrogen-bond donors (Lipinski definition) is 0. The van der Waals surface area contributed by atoms with Crippen LogP contribution in [-0.2, 0) is 11.3 Å². The van der Waals surface area contributed by atoms with Crippen molar-refractivity contribution in [3.63, 3.8) is 0 Å². The molecular formula is C19H18FNO4. The van der Waals surface area contributed by atoms with E-state index >= 15 is 0 Å². The molecule has 5 nitrogen and oxygen atoms in total. The number of alkyl halides is 1. The number of hydrogen-bond acceptors (Lipinski definition) is 4. The fourth-order valence-electron chi connectivity index (χ4n) is 2.61. The molecule has 0 aliphatic carbocycles. The first-order valence-electron chi connectivity index (χ1n) is 7.84. The molecule has 0 unspecified atom stereocenters. The monoisotopic (exact) mass is 343 g/mol. The standard InChI is InChI=1S/C19H18FNO4/c1-12(22)11-21-16-10-14(6-9-17(16)24-18(21)23)13-4-7-15(8-5-13)25-19(2,3)20/h4-10H,11H2,1-3H3. The van der Waals surface area contributed by atoms with Crippen molar-refractivity contribution in [2.75, 3.05) is 0 Å². The summed E-state index contributed by atoms with van der Waals surface area (Å²) in [7, 11) is 0. The molecule has 6 heteroatoms. The summed E-state index contributed by atoms with van der Waals surface area (Å²) < 4.78 is 25.2. The SMILES string of the molecule is CC(=O)Cn1c(=O)oc2ccc(-c3ccc(OC(C)(C)F)cc3)cc21. The second-order valence-corrected chi connectivity index (χ2v) is 6.33. The maximum absolute atomic E-state index is 13.5. The van der Waals surface area contributed by atoms with Crippen molar-refractivity contribution in [3.05, 3.63) is 53.0 Å². The zero-order valence-corrected chi connectivity index (χ0v) is 14.2. The molecule has 0 fully saturated rings. The Labute approximate surface area is 143 Å². The summed E-state index contributed by atoms with van der Waals surface area (Å²) >= 11 is 0. The average Bonchev–Trinajstić information content (AvgIpc) is 2.81. The van der Waals surface area contributed by atoms with Crippen LogP contribution in [0.4, 0.5) is 4.39 Å². The lowest BCUT2D eigenvalue weighted by atomic mass is 10.1. The molecule has 0 radical (unpaired) electrons. The molecule has 25 heavy (non-hydrogen) atoms. The Morgan fingerprint density at radius 3 is 2.40 bits per heavy atom. The molecule has 0 saturated heterocycles. The molecule has 1 heterocycles. The summed E-state index contributed by atoms with van der Waals surface area (Å²) in [6.45, 7) is 4.05. The van der Waals surface area contributed by atoms with Crippen LogP contribution in [-0.4, -0.2) is 16.2 Å². The molecule has 0 atom stereocenters. The molecule has 0 amide bonds. The van der Waals surface area contributed by atoms with Gasteiger partial charge in [-0.25, -0.2) is 4.79 Å². The normalized spacial score (nSPS) is 11.7. The summed E-state index contributed by atoms with van der Waals surface area (Å²) in [4.78, 5) is 23.3. The second-order valence-electron chi connectivity index (χ2n) is 6.33. The first-order valence-corrected chi connectivity index (χ1v) is 7.84. The van der Waals surface area contributed by atoms with Gasteiger partial charge in [0.2, 0.25) is 5.85 Å². The van der Waals surface area contributed by atoms with Gasteiger partial charge in [-0.1, -0.05) is 18.2 Å². The third-order valence-corrected chi connectivity index (χ3v) is 3.60. The largest absolute Gasteiger partial charge is 0.459 e. The van der Waals surface area contributed by atoms with Crippen LogP contribution in [0, 0.1) is 0 Å². The van der Waals surface area contributed by atoms with Crippen molar-refractivity contribution in [3.8, 4) is 16.9 Å². The Hall–Kier alpha value is -2.89. The summed E-state index contributed by atoms with van der Waals surface area (Å²) in [5, 5.41) is 0. The van der Waals surface area contributed by atoms with Crippen LogP contribution >= 0.6 is 0 Å². The topological polar surface area (TPSA) is 61.4 Å². The first-order chi connectivity index (χ1) is 11.7. The van der Waals surface area contributed by atoms with Gasteiger partial charge < -0.3 is 9.15 Å². The summed E-state index contributed by atoms with van der Waals surface area (Å²) in [5.41, 5.74) is 2.70. The van der Waals surface area contributed by atoms with E-state index in [1.165, 1.54) is 25.3 Å². The minimum Gasteiger partial charge on any atom is -0.459 e. The zero-order chi connectivity index (χ0) is 18.2. The number of fused-ring (bicyclic) bond motifs is 1. The zero-order valence-electron chi connectivity index (χ0n) is 14.2. The molecule has 0 spiro atoms. The lowest BCUT2D eigenvalue weighted by Gasteiger charge is -2.17. The van der Waals surface area contributed by atoms with E-state index < -0.39 is 11.6 Å². The summed E-state index contributed by atoms with van der Waals surface area (Å²) in [5.74, 6) is -2.02. The predicted molar refractivity (Wildman–Crippen MR) is 92.4 cm³/mol. The van der Waals surface area contributed by atoms with Crippen LogP contribution in [0.15, 0.2) is 51.7 Å². The van der Waals surface area contributed by atoms with Crippen molar-refractivity contribution in [1.29, 1.82) is 0 Å². The molecule has 0 saturated carbocycles. The van der Waals surface area contributed by atoms with Gasteiger partial charge in [0.05, 0.1) is 12.1 Å². The van der Waals surface area contributed by atoms with Gasteiger partial charge in [-0.05, 0) is 42.3 Å². The number of ketones is 1. The maximum Gasteiger partial charge on any atom is 0.420 e. The van der Waals surface area contributed by atoms with Gasteiger partial charge in [-0.2, -0.15) is 4.39 Å². The molecule has 1 aromatic heterocycles. The lowest BCUT2D eigenvalue weighted by molar-refractivity contribution is -0.117. The minimum atomic E-state index is -1.75. The number of oxazole rings is 1. The Bertz CT molecular complexity index is 977. The number of Topliss-reactive ketones (excluding diaryl/α,β-unsaturated/α-hetero) is 1. The molecule has 3 aromatic rings. The van der Waals surface area contributed by atoms with Crippen molar-refractivity contribution in [2.45, 2.75) is 33.2 Å². The highest BCUT2D eigenvalue weighted by Crippen LogP contribution is 2.27. The first kappa shape index (κ1) is 17.0. The summed E-state index contributed by atoms with van der Waals surface area (Å²) in [6, 6.07) is 12.3. The van der Waals surface area contributed by atoms with Crippen LogP contribution in [0.2, 0.25) is 0 Å². The van der Waals surface area contributed by atoms with Gasteiger partial charge in [-0.3, -0.25) is 9.36 Å². The van der Waals surface area contributed by atoms with Crippen molar-refractivity contribution >= 4 is 16.9 Å². The van der Waals surface area contributed by atoms with E-state index in [0.29, 0.717) is 16.8 Å². The molecule has 2 aromatic carbocycles. The number of benzene rings is 2. The minimum absolute atomic E-state index is 0.0341. The summed E-state index contributed by atoms with van der Waals surface area (Å²) in [6.07, 6.45) is 0.